The van der Waals surface area contributed by atoms with E-state index in [-0.39, 0.29) is 6.71 Å². The van der Waals surface area contributed by atoms with E-state index in [1.165, 1.54) is 42.0 Å². The van der Waals surface area contributed by atoms with Gasteiger partial charge < -0.3 is 14.1 Å². The van der Waals surface area contributed by atoms with Crippen LogP contribution in [0.4, 0.5) is 17.1 Å². The molecule has 0 radical (unpaired) electrons. The highest BCUT2D eigenvalue weighted by atomic mass is 32.1. The molecule has 0 fully saturated rings. The highest BCUT2D eigenvalue weighted by molar-refractivity contribution is 7.26. The lowest BCUT2D eigenvalue weighted by Crippen LogP contribution is -2.53. The van der Waals surface area contributed by atoms with Crippen molar-refractivity contribution in [3.63, 3.8) is 0 Å². The summed E-state index contributed by atoms with van der Waals surface area (Å²) in [6, 6.07) is 76.5. The van der Waals surface area contributed by atoms with Crippen molar-refractivity contribution in [2.45, 2.75) is 6.92 Å². The molecule has 1 aliphatic heterocycles. The molecule has 10 aromatic carbocycles. The van der Waals surface area contributed by atoms with Gasteiger partial charge in [-0.05, 0) is 71.4 Å². The second-order valence-corrected chi connectivity index (χ2v) is 17.8. The molecule has 0 aliphatic carbocycles. The predicted octanol–water partition coefficient (Wildman–Crippen LogP) is 14.8. The Labute approximate surface area is 375 Å². The zero-order valence-electron chi connectivity index (χ0n) is 35.0. The first-order chi connectivity index (χ1) is 31.7. The smallest absolute Gasteiger partial charge is 0.247 e. The molecular weight excluding hydrogens is 798 g/mol. The van der Waals surface area contributed by atoms with Crippen molar-refractivity contribution in [2.75, 3.05) is 4.90 Å². The maximum atomic E-state index is 7.10. The highest BCUT2D eigenvalue weighted by Crippen LogP contribution is 2.51. The lowest BCUT2D eigenvalue weighted by molar-refractivity contribution is 0.487. The summed E-state index contributed by atoms with van der Waals surface area (Å²) in [6.45, 7) is 2.12. The van der Waals surface area contributed by atoms with Crippen molar-refractivity contribution in [3.8, 4) is 33.8 Å². The summed E-state index contributed by atoms with van der Waals surface area (Å²) in [6.07, 6.45) is 0. The van der Waals surface area contributed by atoms with Gasteiger partial charge in [0.2, 0.25) is 6.71 Å². The first-order valence-electron chi connectivity index (χ1n) is 21.9. The van der Waals surface area contributed by atoms with E-state index < -0.39 is 0 Å². The van der Waals surface area contributed by atoms with Gasteiger partial charge in [0.1, 0.15) is 22.7 Å². The number of ether oxygens (including phenoxy) is 1. The van der Waals surface area contributed by atoms with E-state index in [2.05, 4.69) is 218 Å². The van der Waals surface area contributed by atoms with Gasteiger partial charge in [-0.3, -0.25) is 0 Å². The highest BCUT2D eigenvalue weighted by Gasteiger charge is 2.32. The molecule has 0 bridgehead atoms. The summed E-state index contributed by atoms with van der Waals surface area (Å²) >= 11 is 1.85. The average Bonchev–Trinajstić information content (AvgIpc) is 3.93. The fraction of sp³-hybridized carbons (Fsp3) is 0.0169. The average molecular weight is 836 g/mol. The topological polar surface area (TPSA) is 25.6 Å². The van der Waals surface area contributed by atoms with Crippen molar-refractivity contribution >= 4 is 104 Å². The number of para-hydroxylation sites is 3. The van der Waals surface area contributed by atoms with Gasteiger partial charge in [0.15, 0.2) is 0 Å². The predicted molar refractivity (Wildman–Crippen MR) is 272 cm³/mol. The maximum absolute atomic E-state index is 7.10. The van der Waals surface area contributed by atoms with Crippen LogP contribution in [0.3, 0.4) is 0 Å². The number of furan rings is 1. The zero-order chi connectivity index (χ0) is 42.3. The van der Waals surface area contributed by atoms with E-state index in [0.29, 0.717) is 0 Å². The quantitative estimate of drug-likeness (QED) is 0.150. The largest absolute Gasteiger partial charge is 0.457 e. The summed E-state index contributed by atoms with van der Waals surface area (Å²) in [5, 5.41) is 7.08. The molecule has 2 aromatic heterocycles. The minimum absolute atomic E-state index is 0.0895. The van der Waals surface area contributed by atoms with Crippen LogP contribution >= 0.6 is 11.3 Å². The first kappa shape index (κ1) is 36.8. The van der Waals surface area contributed by atoms with Crippen LogP contribution in [0.5, 0.6) is 11.5 Å². The van der Waals surface area contributed by atoms with Crippen molar-refractivity contribution in [2.24, 2.45) is 0 Å². The molecule has 3 heterocycles. The monoisotopic (exact) mass is 835 g/mol. The molecule has 5 heteroatoms. The number of anilines is 3. The third-order valence-electron chi connectivity index (χ3n) is 13.2. The van der Waals surface area contributed by atoms with Crippen LogP contribution in [0.2, 0.25) is 0 Å². The van der Waals surface area contributed by atoms with Crippen LogP contribution in [-0.2, 0) is 0 Å². The number of hydrogen-bond donors (Lipinski definition) is 0. The lowest BCUT2D eigenvalue weighted by Gasteiger charge is -2.30. The molecular formula is C59H38BNO2S. The fourth-order valence-electron chi connectivity index (χ4n) is 10.3. The standard InChI is InChI=1S/C59H38BNO2S/c1-37-16-5-9-25-48(37)60(50-26-13-22-45-41-20-7-11-29-53(41)63-58(45)50)49-35-34-44-42-33-32-39(36-55(42)62-54-30-15-24-47(49)57(44)54)61(51-27-10-6-19-40(51)38-17-3-2-4-18-38)52-28-14-23-46-43-21-8-12-31-56(43)64-59(46)52/h2-36H,1H3. The third kappa shape index (κ3) is 5.68. The van der Waals surface area contributed by atoms with E-state index in [4.69, 9.17) is 9.15 Å². The van der Waals surface area contributed by atoms with Gasteiger partial charge in [0.25, 0.3) is 0 Å². The van der Waals surface area contributed by atoms with E-state index in [1.54, 1.807) is 0 Å². The minimum atomic E-state index is -0.0895. The van der Waals surface area contributed by atoms with Crippen molar-refractivity contribution in [1.82, 2.24) is 0 Å². The molecule has 0 spiro atoms. The second kappa shape index (κ2) is 14.6. The van der Waals surface area contributed by atoms with Crippen molar-refractivity contribution < 1.29 is 9.15 Å². The molecule has 300 valence electrons. The fourth-order valence-corrected chi connectivity index (χ4v) is 11.5. The van der Waals surface area contributed by atoms with Gasteiger partial charge in [-0.15, -0.1) is 11.3 Å². The maximum Gasteiger partial charge on any atom is 0.247 e. The zero-order valence-corrected chi connectivity index (χ0v) is 35.8. The first-order valence-corrected chi connectivity index (χ1v) is 22.7. The van der Waals surface area contributed by atoms with Gasteiger partial charge in [-0.2, -0.15) is 0 Å². The molecule has 0 unspecified atom stereocenters. The number of thiophene rings is 1. The number of benzene rings is 10. The Hall–Kier alpha value is -7.86. The second-order valence-electron chi connectivity index (χ2n) is 16.7. The van der Waals surface area contributed by atoms with Crippen LogP contribution in [0.25, 0.3) is 75.1 Å². The number of rotatable bonds is 7. The molecule has 0 N–H and O–H groups in total. The number of nitrogens with zero attached hydrogens (tertiary/aromatic N) is 1. The van der Waals surface area contributed by atoms with E-state index in [0.717, 1.165) is 83.6 Å². The van der Waals surface area contributed by atoms with Gasteiger partial charge in [0.05, 0.1) is 16.1 Å². The van der Waals surface area contributed by atoms with Gasteiger partial charge in [-0.25, -0.2) is 0 Å². The van der Waals surface area contributed by atoms with Crippen molar-refractivity contribution in [1.29, 1.82) is 0 Å². The number of hydrogen-bond acceptors (Lipinski definition) is 4. The Morgan fingerprint density at radius 3 is 2.06 bits per heavy atom. The third-order valence-corrected chi connectivity index (χ3v) is 14.4. The van der Waals surface area contributed by atoms with E-state index in [9.17, 15) is 0 Å². The molecule has 0 amide bonds. The molecule has 3 nitrogen and oxygen atoms in total. The van der Waals surface area contributed by atoms with E-state index in [1.807, 2.05) is 17.4 Å². The summed E-state index contributed by atoms with van der Waals surface area (Å²) in [4.78, 5) is 2.42. The van der Waals surface area contributed by atoms with Gasteiger partial charge in [-0.1, -0.05) is 180 Å². The normalized spacial score (nSPS) is 12.0. The van der Waals surface area contributed by atoms with Crippen LogP contribution < -0.4 is 26.0 Å². The number of aryl methyl sites for hydroxylation is 1. The Bertz CT molecular complexity index is 3810. The van der Waals surface area contributed by atoms with Crippen molar-refractivity contribution in [3.05, 3.63) is 218 Å². The molecule has 0 saturated carbocycles. The lowest BCUT2D eigenvalue weighted by atomic mass is 9.35. The molecule has 64 heavy (non-hydrogen) atoms. The summed E-state index contributed by atoms with van der Waals surface area (Å²) < 4.78 is 16.3. The Morgan fingerprint density at radius 2 is 1.14 bits per heavy atom. The molecule has 1 aliphatic rings. The molecule has 0 atom stereocenters. The Kier molecular flexibility index (Phi) is 8.40. The minimum Gasteiger partial charge on any atom is -0.457 e. The summed E-state index contributed by atoms with van der Waals surface area (Å²) in [5.41, 5.74) is 14.5. The molecule has 13 rings (SSSR count). The van der Waals surface area contributed by atoms with Crippen LogP contribution in [-0.4, -0.2) is 6.71 Å². The van der Waals surface area contributed by atoms with Gasteiger partial charge in [0, 0.05) is 54.5 Å². The summed E-state index contributed by atoms with van der Waals surface area (Å²) in [5.74, 6) is 1.69. The van der Waals surface area contributed by atoms with Crippen LogP contribution in [0.15, 0.2) is 217 Å². The Balaban J connectivity index is 1.00. The molecule has 0 saturated heterocycles. The molecule has 12 aromatic rings. The van der Waals surface area contributed by atoms with Crippen LogP contribution in [0.1, 0.15) is 5.56 Å². The van der Waals surface area contributed by atoms with Gasteiger partial charge >= 0.3 is 0 Å². The SMILES string of the molecule is Cc1ccccc1B(c1ccc2c3c(cccc13)Oc1cc(N(c3ccccc3-c3ccccc3)c3cccc4c3sc3ccccc34)ccc1-2)c1cccc2c1oc1ccccc12. The Morgan fingerprint density at radius 1 is 0.453 bits per heavy atom. The van der Waals surface area contributed by atoms with Crippen LogP contribution in [0, 0.1) is 6.92 Å². The summed E-state index contributed by atoms with van der Waals surface area (Å²) in [7, 11) is 0. The number of fused-ring (bicyclic) bond motifs is 8. The van der Waals surface area contributed by atoms with E-state index >= 15 is 0 Å².